The normalized spacial score (nSPS) is 31.3. The summed E-state index contributed by atoms with van der Waals surface area (Å²) in [6.45, 7) is 2.40. The molecule has 1 aliphatic heterocycles. The predicted molar refractivity (Wildman–Crippen MR) is 84.2 cm³/mol. The lowest BCUT2D eigenvalue weighted by Crippen LogP contribution is -2.36. The third-order valence-corrected chi connectivity index (χ3v) is 5.44. The van der Waals surface area contributed by atoms with Gasteiger partial charge in [0.05, 0.1) is 18.1 Å². The average molecular weight is 288 g/mol. The highest BCUT2D eigenvalue weighted by atomic mass is 15.2. The molecule has 0 amide bonds. The van der Waals surface area contributed by atoms with Gasteiger partial charge < -0.3 is 9.88 Å². The van der Waals surface area contributed by atoms with Crippen molar-refractivity contribution in [3.05, 3.63) is 18.2 Å². The van der Waals surface area contributed by atoms with E-state index in [0.29, 0.717) is 6.04 Å². The maximum atomic E-state index is 4.48. The Morgan fingerprint density at radius 3 is 2.81 bits per heavy atom. The second-order valence-corrected chi connectivity index (χ2v) is 7.32. The number of hydrogen-bond donors (Lipinski definition) is 1. The van der Waals surface area contributed by atoms with Crippen molar-refractivity contribution in [2.24, 2.45) is 5.92 Å². The van der Waals surface area contributed by atoms with Crippen molar-refractivity contribution in [1.82, 2.24) is 19.8 Å². The molecule has 2 heterocycles. The molecule has 3 fully saturated rings. The Balaban J connectivity index is 1.57. The van der Waals surface area contributed by atoms with Gasteiger partial charge in [-0.15, -0.1) is 0 Å². The molecule has 116 valence electrons. The molecule has 0 bridgehead atoms. The molecule has 0 spiro atoms. The van der Waals surface area contributed by atoms with Gasteiger partial charge >= 0.3 is 0 Å². The van der Waals surface area contributed by atoms with Gasteiger partial charge in [-0.1, -0.05) is 6.42 Å². The quantitative estimate of drug-likeness (QED) is 0.904. The van der Waals surface area contributed by atoms with Gasteiger partial charge in [-0.3, -0.25) is 4.90 Å². The van der Waals surface area contributed by atoms with Crippen molar-refractivity contribution in [1.29, 1.82) is 0 Å². The summed E-state index contributed by atoms with van der Waals surface area (Å²) in [6.07, 6.45) is 13.7. The van der Waals surface area contributed by atoms with Gasteiger partial charge in [0, 0.05) is 24.8 Å². The molecule has 1 N–H and O–H groups in total. The molecule has 0 aromatic carbocycles. The first kappa shape index (κ1) is 13.8. The Morgan fingerprint density at radius 2 is 2.05 bits per heavy atom. The maximum absolute atomic E-state index is 4.48. The first-order chi connectivity index (χ1) is 10.3. The van der Waals surface area contributed by atoms with Crippen LogP contribution in [0.4, 0.5) is 0 Å². The Hall–Kier alpha value is -0.870. The van der Waals surface area contributed by atoms with Crippen LogP contribution in [0.2, 0.25) is 0 Å². The molecule has 2 atom stereocenters. The van der Waals surface area contributed by atoms with Crippen LogP contribution >= 0.6 is 0 Å². The smallest absolute Gasteiger partial charge is 0.0951 e. The zero-order valence-electron chi connectivity index (χ0n) is 13.2. The second kappa shape index (κ2) is 5.73. The fourth-order valence-corrected chi connectivity index (χ4v) is 3.91. The van der Waals surface area contributed by atoms with E-state index in [0.717, 1.165) is 18.0 Å². The molecular weight excluding hydrogens is 260 g/mol. The SMILES string of the molecule is CN1CCCCC(CNC2CC2)C1c1cncn1C1CC1. The van der Waals surface area contributed by atoms with E-state index in [9.17, 15) is 0 Å². The van der Waals surface area contributed by atoms with Gasteiger partial charge in [0.25, 0.3) is 0 Å². The molecule has 1 saturated heterocycles. The Kier molecular flexibility index (Phi) is 3.76. The molecule has 3 aliphatic rings. The molecule has 4 nitrogen and oxygen atoms in total. The topological polar surface area (TPSA) is 33.1 Å². The van der Waals surface area contributed by atoms with Crippen molar-refractivity contribution in [2.75, 3.05) is 20.1 Å². The van der Waals surface area contributed by atoms with Crippen molar-refractivity contribution in [3.63, 3.8) is 0 Å². The Bertz CT molecular complexity index is 475. The van der Waals surface area contributed by atoms with Crippen molar-refractivity contribution < 1.29 is 0 Å². The molecule has 2 aliphatic carbocycles. The summed E-state index contributed by atoms with van der Waals surface area (Å²) in [5, 5.41) is 3.77. The van der Waals surface area contributed by atoms with Crippen LogP contribution < -0.4 is 5.32 Å². The van der Waals surface area contributed by atoms with Crippen LogP contribution in [0.1, 0.15) is 62.7 Å². The van der Waals surface area contributed by atoms with E-state index in [1.165, 1.54) is 63.7 Å². The lowest BCUT2D eigenvalue weighted by molar-refractivity contribution is 0.180. The molecule has 1 aromatic heterocycles. The number of hydrogen-bond acceptors (Lipinski definition) is 3. The lowest BCUT2D eigenvalue weighted by Gasteiger charge is -2.33. The molecule has 2 saturated carbocycles. The fraction of sp³-hybridized carbons (Fsp3) is 0.824. The molecule has 4 heteroatoms. The molecule has 0 radical (unpaired) electrons. The molecular formula is C17H28N4. The first-order valence-electron chi connectivity index (χ1n) is 8.78. The third kappa shape index (κ3) is 3.02. The third-order valence-electron chi connectivity index (χ3n) is 5.44. The number of nitrogens with one attached hydrogen (secondary N) is 1. The van der Waals surface area contributed by atoms with E-state index in [1.807, 2.05) is 0 Å². The van der Waals surface area contributed by atoms with Crippen LogP contribution in [0.15, 0.2) is 12.5 Å². The van der Waals surface area contributed by atoms with Crippen LogP contribution in [0, 0.1) is 5.92 Å². The summed E-state index contributed by atoms with van der Waals surface area (Å²) in [6, 6.07) is 2.09. The first-order valence-corrected chi connectivity index (χ1v) is 8.78. The van der Waals surface area contributed by atoms with Gasteiger partial charge in [0.1, 0.15) is 0 Å². The second-order valence-electron chi connectivity index (χ2n) is 7.32. The van der Waals surface area contributed by atoms with Gasteiger partial charge in [0.2, 0.25) is 0 Å². The molecule has 1 aromatic rings. The summed E-state index contributed by atoms with van der Waals surface area (Å²) < 4.78 is 2.47. The highest BCUT2D eigenvalue weighted by Crippen LogP contribution is 2.41. The summed E-state index contributed by atoms with van der Waals surface area (Å²) in [5.74, 6) is 0.729. The summed E-state index contributed by atoms with van der Waals surface area (Å²) in [4.78, 5) is 7.07. The summed E-state index contributed by atoms with van der Waals surface area (Å²) >= 11 is 0. The van der Waals surface area contributed by atoms with Gasteiger partial charge in [0.15, 0.2) is 0 Å². The van der Waals surface area contributed by atoms with E-state index in [4.69, 9.17) is 0 Å². The minimum absolute atomic E-state index is 0.543. The standard InChI is InChI=1S/C17H28N4/c1-20-9-3-2-4-13(10-19-14-5-6-14)17(20)16-11-18-12-21(16)15-7-8-15/h11-15,17,19H,2-10H2,1H3. The van der Waals surface area contributed by atoms with Crippen molar-refractivity contribution >= 4 is 0 Å². The fourth-order valence-electron chi connectivity index (χ4n) is 3.91. The van der Waals surface area contributed by atoms with Crippen LogP contribution in [0.5, 0.6) is 0 Å². The number of nitrogens with zero attached hydrogens (tertiary/aromatic N) is 3. The number of rotatable bonds is 5. The number of aromatic nitrogens is 2. The van der Waals surface area contributed by atoms with E-state index < -0.39 is 0 Å². The summed E-state index contributed by atoms with van der Waals surface area (Å²) in [7, 11) is 2.31. The van der Waals surface area contributed by atoms with Crippen LogP contribution in [0.25, 0.3) is 0 Å². The number of likely N-dealkylation sites (tertiary alicyclic amines) is 1. The van der Waals surface area contributed by atoms with Gasteiger partial charge in [-0.05, 0) is 58.0 Å². The van der Waals surface area contributed by atoms with Crippen LogP contribution in [-0.4, -0.2) is 40.6 Å². The highest BCUT2D eigenvalue weighted by molar-refractivity contribution is 5.12. The van der Waals surface area contributed by atoms with E-state index >= 15 is 0 Å². The Labute approximate surface area is 127 Å². The zero-order valence-corrected chi connectivity index (χ0v) is 13.2. The largest absolute Gasteiger partial charge is 0.330 e. The number of imidazole rings is 1. The Morgan fingerprint density at radius 1 is 1.19 bits per heavy atom. The van der Waals surface area contributed by atoms with Crippen LogP contribution in [-0.2, 0) is 0 Å². The van der Waals surface area contributed by atoms with Gasteiger partial charge in [-0.25, -0.2) is 4.98 Å². The summed E-state index contributed by atoms with van der Waals surface area (Å²) in [5.41, 5.74) is 1.46. The van der Waals surface area contributed by atoms with E-state index in [1.54, 1.807) is 0 Å². The van der Waals surface area contributed by atoms with Crippen LogP contribution in [0.3, 0.4) is 0 Å². The average Bonchev–Trinajstić information content (AvgIpc) is 3.39. The minimum Gasteiger partial charge on any atom is -0.330 e. The monoisotopic (exact) mass is 288 g/mol. The van der Waals surface area contributed by atoms with Crippen molar-refractivity contribution in [2.45, 2.75) is 63.1 Å². The lowest BCUT2D eigenvalue weighted by atomic mass is 9.92. The molecule has 21 heavy (non-hydrogen) atoms. The molecule has 4 rings (SSSR count). The van der Waals surface area contributed by atoms with E-state index in [2.05, 4.69) is 39.3 Å². The van der Waals surface area contributed by atoms with E-state index in [-0.39, 0.29) is 0 Å². The van der Waals surface area contributed by atoms with Crippen molar-refractivity contribution in [3.8, 4) is 0 Å². The highest BCUT2D eigenvalue weighted by Gasteiger charge is 2.35. The maximum Gasteiger partial charge on any atom is 0.0951 e. The minimum atomic E-state index is 0.543. The molecule has 2 unspecified atom stereocenters. The van der Waals surface area contributed by atoms with Gasteiger partial charge in [-0.2, -0.15) is 0 Å². The zero-order chi connectivity index (χ0) is 14.2. The predicted octanol–water partition coefficient (Wildman–Crippen LogP) is 2.74.